The Morgan fingerprint density at radius 3 is 2.53 bits per heavy atom. The highest BCUT2D eigenvalue weighted by Gasteiger charge is 2.33. The minimum absolute atomic E-state index is 0.318. The second-order valence-electron chi connectivity index (χ2n) is 5.82. The minimum atomic E-state index is 0.318. The fraction of sp³-hybridized carbons (Fsp3) is 0.625. The summed E-state index contributed by atoms with van der Waals surface area (Å²) < 4.78 is 10.9. The van der Waals surface area contributed by atoms with Gasteiger partial charge in [0.25, 0.3) is 0 Å². The zero-order chi connectivity index (χ0) is 13.7. The SMILES string of the molecule is CCCOc1ccc(C(C)NCC2(C)COC2)cc1. The summed E-state index contributed by atoms with van der Waals surface area (Å²) in [6.45, 7) is 10.1. The molecule has 19 heavy (non-hydrogen) atoms. The van der Waals surface area contributed by atoms with Crippen LogP contribution in [0, 0.1) is 5.41 Å². The molecule has 0 saturated carbocycles. The third-order valence-corrected chi connectivity index (χ3v) is 3.59. The van der Waals surface area contributed by atoms with Gasteiger partial charge in [-0.05, 0) is 31.0 Å². The zero-order valence-electron chi connectivity index (χ0n) is 12.2. The first kappa shape index (κ1) is 14.4. The molecule has 3 heteroatoms. The molecule has 2 rings (SSSR count). The van der Waals surface area contributed by atoms with E-state index in [1.54, 1.807) is 0 Å². The monoisotopic (exact) mass is 263 g/mol. The highest BCUT2D eigenvalue weighted by Crippen LogP contribution is 2.26. The molecule has 0 amide bonds. The lowest BCUT2D eigenvalue weighted by atomic mass is 9.88. The summed E-state index contributed by atoms with van der Waals surface area (Å²) in [4.78, 5) is 0. The molecule has 1 aliphatic rings. The Morgan fingerprint density at radius 1 is 1.32 bits per heavy atom. The normalized spacial score (nSPS) is 18.7. The quantitative estimate of drug-likeness (QED) is 0.819. The van der Waals surface area contributed by atoms with Gasteiger partial charge in [-0.25, -0.2) is 0 Å². The maximum atomic E-state index is 5.59. The molecular formula is C16H25NO2. The minimum Gasteiger partial charge on any atom is -0.494 e. The van der Waals surface area contributed by atoms with E-state index in [4.69, 9.17) is 9.47 Å². The second-order valence-corrected chi connectivity index (χ2v) is 5.82. The van der Waals surface area contributed by atoms with E-state index >= 15 is 0 Å². The molecule has 1 aromatic carbocycles. The Kier molecular flexibility index (Phi) is 4.83. The van der Waals surface area contributed by atoms with Crippen molar-refractivity contribution >= 4 is 0 Å². The van der Waals surface area contributed by atoms with Crippen LogP contribution in [0.2, 0.25) is 0 Å². The largest absolute Gasteiger partial charge is 0.494 e. The molecule has 1 aromatic rings. The van der Waals surface area contributed by atoms with E-state index in [0.29, 0.717) is 11.5 Å². The van der Waals surface area contributed by atoms with Crippen LogP contribution in [0.5, 0.6) is 5.75 Å². The topological polar surface area (TPSA) is 30.5 Å². The first-order valence-corrected chi connectivity index (χ1v) is 7.17. The predicted octanol–water partition coefficient (Wildman–Crippen LogP) is 3.16. The predicted molar refractivity (Wildman–Crippen MR) is 77.6 cm³/mol. The van der Waals surface area contributed by atoms with E-state index in [1.165, 1.54) is 5.56 Å². The molecule has 106 valence electrons. The van der Waals surface area contributed by atoms with Gasteiger partial charge in [-0.1, -0.05) is 26.0 Å². The zero-order valence-corrected chi connectivity index (χ0v) is 12.2. The summed E-state index contributed by atoms with van der Waals surface area (Å²) in [5, 5.41) is 3.58. The smallest absolute Gasteiger partial charge is 0.119 e. The highest BCUT2D eigenvalue weighted by atomic mass is 16.5. The first-order chi connectivity index (χ1) is 9.13. The van der Waals surface area contributed by atoms with Crippen molar-refractivity contribution in [3.8, 4) is 5.75 Å². The molecule has 0 aliphatic carbocycles. The second kappa shape index (κ2) is 6.40. The molecule has 1 atom stereocenters. The number of hydrogen-bond acceptors (Lipinski definition) is 3. The van der Waals surface area contributed by atoms with Crippen LogP contribution in [-0.4, -0.2) is 26.4 Å². The van der Waals surface area contributed by atoms with Crippen LogP contribution in [0.1, 0.15) is 38.8 Å². The van der Waals surface area contributed by atoms with Crippen molar-refractivity contribution < 1.29 is 9.47 Å². The first-order valence-electron chi connectivity index (χ1n) is 7.17. The average Bonchev–Trinajstić information content (AvgIpc) is 2.41. The number of hydrogen-bond donors (Lipinski definition) is 1. The molecule has 1 aliphatic heterocycles. The van der Waals surface area contributed by atoms with Crippen molar-refractivity contribution in [3.63, 3.8) is 0 Å². The molecular weight excluding hydrogens is 238 g/mol. The molecule has 0 aromatic heterocycles. The summed E-state index contributed by atoms with van der Waals surface area (Å²) in [6.07, 6.45) is 1.04. The lowest BCUT2D eigenvalue weighted by Crippen LogP contribution is -2.47. The molecule has 1 unspecified atom stereocenters. The summed E-state index contributed by atoms with van der Waals surface area (Å²) >= 11 is 0. The van der Waals surface area contributed by atoms with Gasteiger partial charge in [0.2, 0.25) is 0 Å². The molecule has 0 spiro atoms. The Morgan fingerprint density at radius 2 is 2.00 bits per heavy atom. The van der Waals surface area contributed by atoms with Crippen LogP contribution in [0.3, 0.4) is 0 Å². The average molecular weight is 263 g/mol. The van der Waals surface area contributed by atoms with E-state index < -0.39 is 0 Å². The van der Waals surface area contributed by atoms with Crippen molar-refractivity contribution in [1.82, 2.24) is 5.32 Å². The van der Waals surface area contributed by atoms with Gasteiger partial charge in [0.15, 0.2) is 0 Å². The standard InChI is InChI=1S/C16H25NO2/c1-4-9-19-15-7-5-14(6-8-15)13(2)17-10-16(3)11-18-12-16/h5-8,13,17H,4,9-12H2,1-3H3. The van der Waals surface area contributed by atoms with Gasteiger partial charge in [-0.3, -0.25) is 0 Å². The Labute approximate surface area is 116 Å². The molecule has 1 N–H and O–H groups in total. The third-order valence-electron chi connectivity index (χ3n) is 3.59. The Bertz CT molecular complexity index is 384. The van der Waals surface area contributed by atoms with Gasteiger partial charge in [0, 0.05) is 18.0 Å². The van der Waals surface area contributed by atoms with Gasteiger partial charge >= 0.3 is 0 Å². The maximum Gasteiger partial charge on any atom is 0.119 e. The lowest BCUT2D eigenvalue weighted by Gasteiger charge is -2.39. The lowest BCUT2D eigenvalue weighted by molar-refractivity contribution is -0.0999. The van der Waals surface area contributed by atoms with E-state index in [2.05, 4.69) is 50.4 Å². The van der Waals surface area contributed by atoms with Crippen molar-refractivity contribution in [2.24, 2.45) is 5.41 Å². The van der Waals surface area contributed by atoms with Crippen LogP contribution < -0.4 is 10.1 Å². The Balaban J connectivity index is 1.82. The summed E-state index contributed by atoms with van der Waals surface area (Å²) in [5.74, 6) is 0.956. The molecule has 1 fully saturated rings. The number of benzene rings is 1. The van der Waals surface area contributed by atoms with Crippen LogP contribution in [0.4, 0.5) is 0 Å². The van der Waals surface area contributed by atoms with Gasteiger partial charge in [-0.15, -0.1) is 0 Å². The van der Waals surface area contributed by atoms with E-state index in [1.807, 2.05) is 0 Å². The fourth-order valence-electron chi connectivity index (χ4n) is 2.14. The van der Waals surface area contributed by atoms with Crippen molar-refractivity contribution in [2.45, 2.75) is 33.2 Å². The van der Waals surface area contributed by atoms with Gasteiger partial charge in [0.1, 0.15) is 5.75 Å². The van der Waals surface area contributed by atoms with Gasteiger partial charge in [-0.2, -0.15) is 0 Å². The van der Waals surface area contributed by atoms with Crippen LogP contribution in [-0.2, 0) is 4.74 Å². The Hall–Kier alpha value is -1.06. The van der Waals surface area contributed by atoms with Crippen LogP contribution in [0.15, 0.2) is 24.3 Å². The highest BCUT2D eigenvalue weighted by molar-refractivity contribution is 5.28. The van der Waals surface area contributed by atoms with Gasteiger partial charge in [0.05, 0.1) is 19.8 Å². The summed E-state index contributed by atoms with van der Waals surface area (Å²) in [6, 6.07) is 8.75. The molecule has 0 bridgehead atoms. The van der Waals surface area contributed by atoms with E-state index in [0.717, 1.165) is 38.5 Å². The molecule has 0 radical (unpaired) electrons. The van der Waals surface area contributed by atoms with Crippen LogP contribution in [0.25, 0.3) is 0 Å². The van der Waals surface area contributed by atoms with Crippen molar-refractivity contribution in [1.29, 1.82) is 0 Å². The number of nitrogens with one attached hydrogen (secondary N) is 1. The van der Waals surface area contributed by atoms with Gasteiger partial charge < -0.3 is 14.8 Å². The summed E-state index contributed by atoms with van der Waals surface area (Å²) in [7, 11) is 0. The van der Waals surface area contributed by atoms with Crippen LogP contribution >= 0.6 is 0 Å². The fourth-order valence-corrected chi connectivity index (χ4v) is 2.14. The van der Waals surface area contributed by atoms with Crippen molar-refractivity contribution in [2.75, 3.05) is 26.4 Å². The maximum absolute atomic E-state index is 5.59. The number of ether oxygens (including phenoxy) is 2. The third kappa shape index (κ3) is 3.95. The summed E-state index contributed by atoms with van der Waals surface area (Å²) in [5.41, 5.74) is 1.62. The van der Waals surface area contributed by atoms with Crippen molar-refractivity contribution in [3.05, 3.63) is 29.8 Å². The molecule has 1 saturated heterocycles. The molecule has 1 heterocycles. The van der Waals surface area contributed by atoms with E-state index in [9.17, 15) is 0 Å². The number of rotatable bonds is 7. The molecule has 3 nitrogen and oxygen atoms in total. The van der Waals surface area contributed by atoms with E-state index in [-0.39, 0.29) is 0 Å².